The molecule has 29 heavy (non-hydrogen) atoms. The van der Waals surface area contributed by atoms with Gasteiger partial charge in [-0.2, -0.15) is 5.26 Å². The third kappa shape index (κ3) is 3.99. The van der Waals surface area contributed by atoms with Crippen LogP contribution in [0.1, 0.15) is 78.7 Å². The summed E-state index contributed by atoms with van der Waals surface area (Å²) in [5.74, 6) is 0.700. The Hall–Kier alpha value is -2.10. The second kappa shape index (κ2) is 8.73. The minimum atomic E-state index is -0.0143. The number of hydrogen-bond acceptors (Lipinski definition) is 4. The molecule has 2 aliphatic rings. The van der Waals surface area contributed by atoms with E-state index in [2.05, 4.69) is 45.3 Å². The number of likely N-dealkylation sites (tertiary alicyclic amines) is 1. The van der Waals surface area contributed by atoms with Crippen molar-refractivity contribution in [3.05, 3.63) is 39.2 Å². The van der Waals surface area contributed by atoms with Gasteiger partial charge in [0.15, 0.2) is 0 Å². The molecule has 1 saturated carbocycles. The number of thiophene rings is 1. The number of nitrogens with zero attached hydrogens (tertiary/aromatic N) is 3. The van der Waals surface area contributed by atoms with Gasteiger partial charge in [0.05, 0.1) is 12.1 Å². The maximum atomic E-state index is 13.0. The molecule has 1 amide bonds. The highest BCUT2D eigenvalue weighted by molar-refractivity contribution is 7.10. The molecule has 1 aliphatic heterocycles. The number of rotatable bonds is 5. The maximum Gasteiger partial charge on any atom is 0.239 e. The summed E-state index contributed by atoms with van der Waals surface area (Å²) >= 11 is 1.77. The largest absolute Gasteiger partial charge is 0.327 e. The highest BCUT2D eigenvalue weighted by Crippen LogP contribution is 2.37. The van der Waals surface area contributed by atoms with Gasteiger partial charge >= 0.3 is 0 Å². The molecule has 2 aromatic heterocycles. The minimum absolute atomic E-state index is 0.0143. The van der Waals surface area contributed by atoms with Crippen LogP contribution in [0.5, 0.6) is 0 Å². The van der Waals surface area contributed by atoms with E-state index >= 15 is 0 Å². The number of carbonyl (C=O) groups is 1. The van der Waals surface area contributed by atoms with E-state index in [1.165, 1.54) is 24.1 Å². The Morgan fingerprint density at radius 2 is 2.03 bits per heavy atom. The summed E-state index contributed by atoms with van der Waals surface area (Å²) in [5, 5.41) is 15.0. The van der Waals surface area contributed by atoms with Crippen LogP contribution in [-0.4, -0.2) is 28.5 Å². The standard InChI is InChI=1S/C23H30N4OS/c1-16-17(2)27(18-8-4-3-5-9-18)23(19(16)14-24)25-22(28)15-26-12-6-10-20(26)21-11-7-13-29-21/h7,11,13,18,20H,3-6,8-10,12,15H2,1-2H3,(H,25,28). The second-order valence-electron chi connectivity index (χ2n) is 8.40. The van der Waals surface area contributed by atoms with E-state index in [9.17, 15) is 10.1 Å². The van der Waals surface area contributed by atoms with E-state index < -0.39 is 0 Å². The van der Waals surface area contributed by atoms with Crippen molar-refractivity contribution in [2.24, 2.45) is 0 Å². The van der Waals surface area contributed by atoms with Crippen LogP contribution in [0.15, 0.2) is 17.5 Å². The molecule has 2 aromatic rings. The Labute approximate surface area is 177 Å². The maximum absolute atomic E-state index is 13.0. The zero-order chi connectivity index (χ0) is 20.4. The number of anilines is 1. The fourth-order valence-corrected chi connectivity index (χ4v) is 5.95. The smallest absolute Gasteiger partial charge is 0.239 e. The lowest BCUT2D eigenvalue weighted by Gasteiger charge is -2.28. The summed E-state index contributed by atoms with van der Waals surface area (Å²) in [6, 6.07) is 7.31. The first-order chi connectivity index (χ1) is 14.1. The van der Waals surface area contributed by atoms with E-state index in [-0.39, 0.29) is 5.91 Å². The van der Waals surface area contributed by atoms with Crippen LogP contribution < -0.4 is 5.32 Å². The summed E-state index contributed by atoms with van der Waals surface area (Å²) in [5.41, 5.74) is 2.73. The van der Waals surface area contributed by atoms with Gasteiger partial charge in [-0.15, -0.1) is 11.3 Å². The van der Waals surface area contributed by atoms with Gasteiger partial charge in [0.25, 0.3) is 0 Å². The molecule has 5 nitrogen and oxygen atoms in total. The van der Waals surface area contributed by atoms with Crippen LogP contribution >= 0.6 is 11.3 Å². The molecule has 3 heterocycles. The Kier molecular flexibility index (Phi) is 6.07. The SMILES string of the molecule is Cc1c(C#N)c(NC(=O)CN2CCCC2c2cccs2)n(C2CCCCC2)c1C. The predicted molar refractivity (Wildman–Crippen MR) is 117 cm³/mol. The van der Waals surface area contributed by atoms with Crippen molar-refractivity contribution < 1.29 is 4.79 Å². The number of hydrogen-bond donors (Lipinski definition) is 1. The van der Waals surface area contributed by atoms with Crippen molar-refractivity contribution in [3.8, 4) is 6.07 Å². The van der Waals surface area contributed by atoms with Gasteiger partial charge in [0.1, 0.15) is 11.9 Å². The molecule has 1 unspecified atom stereocenters. The minimum Gasteiger partial charge on any atom is -0.327 e. The highest BCUT2D eigenvalue weighted by atomic mass is 32.1. The molecule has 1 N–H and O–H groups in total. The third-order valence-corrected chi connectivity index (χ3v) is 7.62. The summed E-state index contributed by atoms with van der Waals surface area (Å²) in [6.45, 7) is 5.40. The van der Waals surface area contributed by atoms with Gasteiger partial charge < -0.3 is 9.88 Å². The van der Waals surface area contributed by atoms with Crippen molar-refractivity contribution in [1.82, 2.24) is 9.47 Å². The molecular weight excluding hydrogens is 380 g/mol. The van der Waals surface area contributed by atoms with Crippen molar-refractivity contribution >= 4 is 23.1 Å². The van der Waals surface area contributed by atoms with Crippen molar-refractivity contribution in [3.63, 3.8) is 0 Å². The number of aromatic nitrogens is 1. The molecule has 0 aromatic carbocycles. The molecular formula is C23H30N4OS. The van der Waals surface area contributed by atoms with Crippen LogP contribution in [-0.2, 0) is 4.79 Å². The van der Waals surface area contributed by atoms with E-state index in [4.69, 9.17) is 0 Å². The molecule has 0 spiro atoms. The normalized spacial score (nSPS) is 20.7. The van der Waals surface area contributed by atoms with E-state index in [0.29, 0.717) is 30.0 Å². The lowest BCUT2D eigenvalue weighted by Crippen LogP contribution is -2.33. The van der Waals surface area contributed by atoms with Crippen LogP contribution in [0.4, 0.5) is 5.82 Å². The van der Waals surface area contributed by atoms with Crippen molar-refractivity contribution in [1.29, 1.82) is 5.26 Å². The molecule has 6 heteroatoms. The first-order valence-corrected chi connectivity index (χ1v) is 11.7. The number of carbonyl (C=O) groups excluding carboxylic acids is 1. The fourth-order valence-electron chi connectivity index (χ4n) is 5.06. The van der Waals surface area contributed by atoms with Crippen LogP contribution in [0.25, 0.3) is 0 Å². The molecule has 154 valence electrons. The van der Waals surface area contributed by atoms with Gasteiger partial charge in [0.2, 0.25) is 5.91 Å². The molecule has 4 rings (SSSR count). The molecule has 1 atom stereocenters. The van der Waals surface area contributed by atoms with E-state index in [1.807, 2.05) is 6.92 Å². The van der Waals surface area contributed by atoms with Crippen molar-refractivity contribution in [2.45, 2.75) is 70.9 Å². The average Bonchev–Trinajstić information content (AvgIpc) is 3.44. The van der Waals surface area contributed by atoms with Crippen LogP contribution in [0.3, 0.4) is 0 Å². The van der Waals surface area contributed by atoms with Crippen LogP contribution in [0.2, 0.25) is 0 Å². The van der Waals surface area contributed by atoms with E-state index in [0.717, 1.165) is 43.5 Å². The monoisotopic (exact) mass is 410 g/mol. The lowest BCUT2D eigenvalue weighted by atomic mass is 9.95. The highest BCUT2D eigenvalue weighted by Gasteiger charge is 2.30. The van der Waals surface area contributed by atoms with Gasteiger partial charge in [-0.1, -0.05) is 25.3 Å². The lowest BCUT2D eigenvalue weighted by molar-refractivity contribution is -0.117. The molecule has 0 bridgehead atoms. The molecule has 2 fully saturated rings. The third-order valence-electron chi connectivity index (χ3n) is 6.65. The second-order valence-corrected chi connectivity index (χ2v) is 9.38. The first-order valence-electron chi connectivity index (χ1n) is 10.8. The molecule has 1 aliphatic carbocycles. The summed E-state index contributed by atoms with van der Waals surface area (Å²) in [4.78, 5) is 16.7. The number of nitriles is 1. The number of nitrogens with one attached hydrogen (secondary N) is 1. The van der Waals surface area contributed by atoms with E-state index in [1.54, 1.807) is 11.3 Å². The van der Waals surface area contributed by atoms with Gasteiger partial charge in [0, 0.05) is 22.7 Å². The zero-order valence-electron chi connectivity index (χ0n) is 17.4. The van der Waals surface area contributed by atoms with Gasteiger partial charge in [-0.3, -0.25) is 9.69 Å². The van der Waals surface area contributed by atoms with Crippen molar-refractivity contribution in [2.75, 3.05) is 18.4 Å². The first kappa shape index (κ1) is 20.2. The Morgan fingerprint density at radius 3 is 2.72 bits per heavy atom. The summed E-state index contributed by atoms with van der Waals surface area (Å²) < 4.78 is 2.24. The Bertz CT molecular complexity index is 902. The Balaban J connectivity index is 1.54. The topological polar surface area (TPSA) is 61.1 Å². The molecule has 1 saturated heterocycles. The summed E-state index contributed by atoms with van der Waals surface area (Å²) in [7, 11) is 0. The van der Waals surface area contributed by atoms with Crippen LogP contribution in [0, 0.1) is 25.2 Å². The Morgan fingerprint density at radius 1 is 1.24 bits per heavy atom. The van der Waals surface area contributed by atoms with Gasteiger partial charge in [-0.25, -0.2) is 0 Å². The average molecular weight is 411 g/mol. The summed E-state index contributed by atoms with van der Waals surface area (Å²) in [6.07, 6.45) is 8.18. The zero-order valence-corrected chi connectivity index (χ0v) is 18.2. The number of amides is 1. The quantitative estimate of drug-likeness (QED) is 0.726. The van der Waals surface area contributed by atoms with Gasteiger partial charge in [-0.05, 0) is 63.1 Å². The molecule has 0 radical (unpaired) electrons. The predicted octanol–water partition coefficient (Wildman–Crippen LogP) is 5.32. The fraction of sp³-hybridized carbons (Fsp3) is 0.565.